The molecule has 0 radical (unpaired) electrons. The zero-order valence-corrected chi connectivity index (χ0v) is 13.2. The van der Waals surface area contributed by atoms with Crippen LogP contribution in [0.15, 0.2) is 23.1 Å². The zero-order chi connectivity index (χ0) is 15.8. The molecule has 1 heterocycles. The summed E-state index contributed by atoms with van der Waals surface area (Å²) in [4.78, 5) is -0.938. The largest absolute Gasteiger partial charge is 0.416 e. The van der Waals surface area contributed by atoms with Gasteiger partial charge >= 0.3 is 6.18 Å². The molecule has 0 amide bonds. The van der Waals surface area contributed by atoms with Gasteiger partial charge in [-0.05, 0) is 25.1 Å². The van der Waals surface area contributed by atoms with Crippen LogP contribution in [0.2, 0.25) is 0 Å². The van der Waals surface area contributed by atoms with Gasteiger partial charge in [-0.1, -0.05) is 0 Å². The second-order valence-electron chi connectivity index (χ2n) is 4.86. The average molecular weight is 363 g/mol. The molecule has 0 spiro atoms. The molecule has 0 aliphatic carbocycles. The number of piperazine rings is 1. The lowest BCUT2D eigenvalue weighted by atomic mass is 10.2. The van der Waals surface area contributed by atoms with Crippen molar-refractivity contribution in [1.82, 2.24) is 9.62 Å². The molecule has 1 aromatic rings. The molecule has 1 aromatic carbocycles. The number of benzene rings is 1. The topological polar surface area (TPSA) is 49.4 Å². The smallest absolute Gasteiger partial charge is 0.312 e. The Morgan fingerprint density at radius 2 is 1.95 bits per heavy atom. The highest BCUT2D eigenvalue weighted by atomic mass is 35.5. The van der Waals surface area contributed by atoms with Gasteiger partial charge in [-0.25, -0.2) is 12.8 Å². The summed E-state index contributed by atoms with van der Waals surface area (Å²) >= 11 is 0. The average Bonchev–Trinajstić information content (AvgIpc) is 2.37. The second kappa shape index (κ2) is 6.69. The quantitative estimate of drug-likeness (QED) is 0.821. The van der Waals surface area contributed by atoms with Gasteiger partial charge < -0.3 is 5.32 Å². The van der Waals surface area contributed by atoms with Crippen molar-refractivity contribution >= 4 is 22.4 Å². The molecule has 1 aliphatic heterocycles. The maximum Gasteiger partial charge on any atom is 0.416 e. The summed E-state index contributed by atoms with van der Waals surface area (Å²) in [7, 11) is -4.29. The Kier molecular flexibility index (Phi) is 5.82. The minimum absolute atomic E-state index is 0. The van der Waals surface area contributed by atoms with Crippen molar-refractivity contribution in [1.29, 1.82) is 0 Å². The molecule has 0 bridgehead atoms. The fourth-order valence-electron chi connectivity index (χ4n) is 2.13. The monoisotopic (exact) mass is 362 g/mol. The van der Waals surface area contributed by atoms with E-state index < -0.39 is 32.5 Å². The maximum absolute atomic E-state index is 13.7. The van der Waals surface area contributed by atoms with E-state index in [1.165, 1.54) is 0 Å². The number of sulfonamides is 1. The molecule has 2 rings (SSSR count). The van der Waals surface area contributed by atoms with E-state index in [9.17, 15) is 26.0 Å². The van der Waals surface area contributed by atoms with Crippen molar-refractivity contribution in [3.63, 3.8) is 0 Å². The number of halogens is 5. The fraction of sp³-hybridized carbons (Fsp3) is 0.500. The first-order valence-electron chi connectivity index (χ1n) is 6.22. The summed E-state index contributed by atoms with van der Waals surface area (Å²) < 4.78 is 77.3. The molecule has 1 fully saturated rings. The highest BCUT2D eigenvalue weighted by Gasteiger charge is 2.35. The number of alkyl halides is 3. The molecule has 22 heavy (non-hydrogen) atoms. The summed E-state index contributed by atoms with van der Waals surface area (Å²) in [5, 5.41) is 3.01. The molecule has 1 saturated heterocycles. The van der Waals surface area contributed by atoms with Crippen molar-refractivity contribution < 1.29 is 26.0 Å². The SMILES string of the molecule is CC1CN(S(=O)(=O)c2cc(C(F)(F)F)ccc2F)CCN1.Cl. The standard InChI is InChI=1S/C12H14F4N2O2S.ClH/c1-8-7-18(5-4-17-8)21(19,20)11-6-9(12(14,15)16)2-3-10(11)13;/h2-3,6,8,17H,4-5,7H2,1H3;1H. The molecule has 126 valence electrons. The van der Waals surface area contributed by atoms with Gasteiger partial charge in [0.1, 0.15) is 10.7 Å². The van der Waals surface area contributed by atoms with E-state index in [1.54, 1.807) is 6.92 Å². The number of nitrogens with one attached hydrogen (secondary N) is 1. The van der Waals surface area contributed by atoms with Crippen LogP contribution in [0.1, 0.15) is 12.5 Å². The van der Waals surface area contributed by atoms with Gasteiger partial charge in [-0.2, -0.15) is 17.5 Å². The van der Waals surface area contributed by atoms with Gasteiger partial charge in [-0.15, -0.1) is 12.4 Å². The minimum Gasteiger partial charge on any atom is -0.312 e. The molecular formula is C12H15ClF4N2O2S. The van der Waals surface area contributed by atoms with E-state index in [-0.39, 0.29) is 31.5 Å². The lowest BCUT2D eigenvalue weighted by Crippen LogP contribution is -2.51. The van der Waals surface area contributed by atoms with Crippen LogP contribution in [0.4, 0.5) is 17.6 Å². The van der Waals surface area contributed by atoms with Crippen LogP contribution in [-0.4, -0.2) is 38.4 Å². The molecule has 1 atom stereocenters. The predicted molar refractivity (Wildman–Crippen MR) is 74.9 cm³/mol. The van der Waals surface area contributed by atoms with Gasteiger partial charge in [0.15, 0.2) is 0 Å². The summed E-state index contributed by atoms with van der Waals surface area (Å²) in [6, 6.07) is 1.25. The highest BCUT2D eigenvalue weighted by Crippen LogP contribution is 2.32. The van der Waals surface area contributed by atoms with E-state index >= 15 is 0 Å². The third-order valence-corrected chi connectivity index (χ3v) is 5.09. The third kappa shape index (κ3) is 3.89. The van der Waals surface area contributed by atoms with E-state index in [1.807, 2.05) is 0 Å². The highest BCUT2D eigenvalue weighted by molar-refractivity contribution is 7.89. The molecule has 0 saturated carbocycles. The molecule has 4 nitrogen and oxygen atoms in total. The molecule has 1 aliphatic rings. The number of hydrogen-bond donors (Lipinski definition) is 1. The first-order chi connectivity index (χ1) is 9.62. The molecule has 0 aromatic heterocycles. The second-order valence-corrected chi connectivity index (χ2v) is 6.77. The van der Waals surface area contributed by atoms with Crippen LogP contribution in [0.25, 0.3) is 0 Å². The van der Waals surface area contributed by atoms with E-state index in [2.05, 4.69) is 5.32 Å². The number of nitrogens with zero attached hydrogens (tertiary/aromatic N) is 1. The maximum atomic E-state index is 13.7. The van der Waals surface area contributed by atoms with E-state index in [0.717, 1.165) is 4.31 Å². The van der Waals surface area contributed by atoms with Crippen molar-refractivity contribution in [3.05, 3.63) is 29.6 Å². The third-order valence-electron chi connectivity index (χ3n) is 3.21. The Morgan fingerprint density at radius 1 is 1.32 bits per heavy atom. The van der Waals surface area contributed by atoms with Crippen molar-refractivity contribution in [2.24, 2.45) is 0 Å². The Hall–Kier alpha value is -0.900. The van der Waals surface area contributed by atoms with Crippen LogP contribution >= 0.6 is 12.4 Å². The van der Waals surface area contributed by atoms with Gasteiger partial charge in [0.25, 0.3) is 0 Å². The van der Waals surface area contributed by atoms with E-state index in [0.29, 0.717) is 24.7 Å². The van der Waals surface area contributed by atoms with Crippen LogP contribution in [0.3, 0.4) is 0 Å². The normalized spacial score (nSPS) is 20.5. The van der Waals surface area contributed by atoms with Crippen LogP contribution in [0, 0.1) is 5.82 Å². The van der Waals surface area contributed by atoms with Crippen LogP contribution in [-0.2, 0) is 16.2 Å². The van der Waals surface area contributed by atoms with Crippen molar-refractivity contribution in [2.75, 3.05) is 19.6 Å². The summed E-state index contributed by atoms with van der Waals surface area (Å²) in [6.45, 7) is 2.27. The molecule has 10 heteroatoms. The van der Waals surface area contributed by atoms with Crippen LogP contribution < -0.4 is 5.32 Å². The molecule has 1 unspecified atom stereocenters. The fourth-order valence-corrected chi connectivity index (χ4v) is 3.75. The molecule has 1 N–H and O–H groups in total. The summed E-state index contributed by atoms with van der Waals surface area (Å²) in [6.07, 6.45) is -4.73. The predicted octanol–water partition coefficient (Wildman–Crippen LogP) is 2.25. The summed E-state index contributed by atoms with van der Waals surface area (Å²) in [5.74, 6) is -1.19. The Labute approximate surface area is 132 Å². The lowest BCUT2D eigenvalue weighted by molar-refractivity contribution is -0.137. The van der Waals surface area contributed by atoms with E-state index in [4.69, 9.17) is 0 Å². The molecular weight excluding hydrogens is 348 g/mol. The number of rotatable bonds is 2. The Morgan fingerprint density at radius 3 is 2.50 bits per heavy atom. The first kappa shape index (κ1) is 19.1. The van der Waals surface area contributed by atoms with Gasteiger partial charge in [-0.3, -0.25) is 0 Å². The summed E-state index contributed by atoms with van der Waals surface area (Å²) in [5.41, 5.74) is -1.19. The lowest BCUT2D eigenvalue weighted by Gasteiger charge is -2.31. The Balaban J connectivity index is 0.00000242. The number of hydrogen-bond acceptors (Lipinski definition) is 3. The van der Waals surface area contributed by atoms with Gasteiger partial charge in [0.2, 0.25) is 10.0 Å². The Bertz CT molecular complexity index is 637. The van der Waals surface area contributed by atoms with Crippen LogP contribution in [0.5, 0.6) is 0 Å². The van der Waals surface area contributed by atoms with Crippen molar-refractivity contribution in [3.8, 4) is 0 Å². The minimum atomic E-state index is -4.73. The van der Waals surface area contributed by atoms with Gasteiger partial charge in [0, 0.05) is 25.7 Å². The zero-order valence-electron chi connectivity index (χ0n) is 11.5. The van der Waals surface area contributed by atoms with Crippen molar-refractivity contribution in [2.45, 2.75) is 24.0 Å². The van der Waals surface area contributed by atoms with Gasteiger partial charge in [0.05, 0.1) is 5.56 Å². The first-order valence-corrected chi connectivity index (χ1v) is 7.66.